The van der Waals surface area contributed by atoms with Crippen molar-refractivity contribution in [1.29, 1.82) is 0 Å². The Morgan fingerprint density at radius 3 is 1.86 bits per heavy atom. The minimum atomic E-state index is -3.66. The van der Waals surface area contributed by atoms with Crippen molar-refractivity contribution in [2.75, 3.05) is 0 Å². The van der Waals surface area contributed by atoms with Crippen LogP contribution in [0.25, 0.3) is 0 Å². The number of hydrogen-bond acceptors (Lipinski definition) is 5. The minimum absolute atomic E-state index is 0.0977. The molecule has 0 aliphatic carbocycles. The highest BCUT2D eigenvalue weighted by Crippen LogP contribution is 2.24. The van der Waals surface area contributed by atoms with Gasteiger partial charge in [-0.05, 0) is 48.5 Å². The standard InChI is InChI=1S/C16H10O5S/c1-2-20-13-3-7-15(8-4-13)22(18,19)16-9-5-14(6-10-16)21-12-11-17/h1,3-10,12H. The average Bonchev–Trinajstić information content (AvgIpc) is 2.54. The largest absolute Gasteiger partial charge is 0.453 e. The van der Waals surface area contributed by atoms with Gasteiger partial charge in [0.25, 0.3) is 0 Å². The zero-order chi connectivity index (χ0) is 16.0. The molecule has 0 atom stereocenters. The quantitative estimate of drug-likeness (QED) is 0.481. The van der Waals surface area contributed by atoms with E-state index in [1.807, 2.05) is 6.11 Å². The molecule has 0 unspecified atom stereocenters. The molecular formula is C16H10O5S. The van der Waals surface area contributed by atoms with Crippen LogP contribution in [0.4, 0.5) is 0 Å². The molecule has 0 spiro atoms. The van der Waals surface area contributed by atoms with Crippen LogP contribution in [0.2, 0.25) is 0 Å². The van der Waals surface area contributed by atoms with E-state index in [4.69, 9.17) is 15.9 Å². The van der Waals surface area contributed by atoms with E-state index < -0.39 is 9.84 Å². The van der Waals surface area contributed by atoms with Crippen LogP contribution in [-0.4, -0.2) is 14.4 Å². The van der Waals surface area contributed by atoms with Crippen molar-refractivity contribution in [3.63, 3.8) is 0 Å². The van der Waals surface area contributed by atoms with Crippen molar-refractivity contribution in [3.05, 3.63) is 54.8 Å². The maximum Gasteiger partial charge on any atom is 0.206 e. The van der Waals surface area contributed by atoms with E-state index >= 15 is 0 Å². The Hall–Kier alpha value is -3.00. The van der Waals surface area contributed by atoms with E-state index in [0.29, 0.717) is 11.5 Å². The number of hydrogen-bond donors (Lipinski definition) is 0. The fraction of sp³-hybridized carbons (Fsp3) is 0. The predicted octanol–water partition coefficient (Wildman–Crippen LogP) is 2.21. The van der Waals surface area contributed by atoms with Crippen LogP contribution >= 0.6 is 0 Å². The van der Waals surface area contributed by atoms with Gasteiger partial charge < -0.3 is 9.47 Å². The molecule has 2 aromatic carbocycles. The van der Waals surface area contributed by atoms with E-state index in [9.17, 15) is 13.2 Å². The summed E-state index contributed by atoms with van der Waals surface area (Å²) < 4.78 is 34.6. The third-order valence-electron chi connectivity index (χ3n) is 2.69. The second-order valence-corrected chi connectivity index (χ2v) is 5.97. The minimum Gasteiger partial charge on any atom is -0.453 e. The molecule has 2 rings (SSSR count). The summed E-state index contributed by atoms with van der Waals surface area (Å²) in [4.78, 5) is 10.2. The molecule has 22 heavy (non-hydrogen) atoms. The fourth-order valence-electron chi connectivity index (χ4n) is 1.68. The van der Waals surface area contributed by atoms with Crippen LogP contribution in [0.1, 0.15) is 0 Å². The van der Waals surface area contributed by atoms with Gasteiger partial charge in [-0.2, -0.15) is 0 Å². The number of sulfone groups is 1. The maximum atomic E-state index is 12.4. The highest BCUT2D eigenvalue weighted by molar-refractivity contribution is 7.91. The molecule has 0 saturated heterocycles. The molecule has 0 amide bonds. The Kier molecular flexibility index (Phi) is 4.64. The second-order valence-electron chi connectivity index (χ2n) is 4.02. The Morgan fingerprint density at radius 1 is 0.909 bits per heavy atom. The van der Waals surface area contributed by atoms with Gasteiger partial charge in [-0.25, -0.2) is 13.2 Å². The first-order chi connectivity index (χ1) is 10.6. The first-order valence-electron chi connectivity index (χ1n) is 6.01. The lowest BCUT2D eigenvalue weighted by Gasteiger charge is -2.06. The summed E-state index contributed by atoms with van der Waals surface area (Å²) >= 11 is 0. The van der Waals surface area contributed by atoms with Gasteiger partial charge in [-0.3, -0.25) is 0 Å². The molecule has 0 bridgehead atoms. The number of rotatable bonds is 5. The van der Waals surface area contributed by atoms with Gasteiger partial charge in [0.15, 0.2) is 12.2 Å². The van der Waals surface area contributed by atoms with Crippen molar-refractivity contribution in [2.24, 2.45) is 0 Å². The third kappa shape index (κ3) is 3.36. The highest BCUT2D eigenvalue weighted by Gasteiger charge is 2.17. The molecule has 0 aliphatic rings. The average molecular weight is 314 g/mol. The molecule has 5 nitrogen and oxygen atoms in total. The van der Waals surface area contributed by atoms with Gasteiger partial charge in [0, 0.05) is 0 Å². The molecular weight excluding hydrogens is 304 g/mol. The van der Waals surface area contributed by atoms with Gasteiger partial charge in [-0.1, -0.05) is 6.42 Å². The summed E-state index contributed by atoms with van der Waals surface area (Å²) in [6, 6.07) is 11.4. The normalized spacial score (nSPS) is 10.1. The van der Waals surface area contributed by atoms with E-state index in [2.05, 4.69) is 0 Å². The Balaban J connectivity index is 2.29. The summed E-state index contributed by atoms with van der Waals surface area (Å²) in [6.07, 6.45) is 7.84. The van der Waals surface area contributed by atoms with Crippen molar-refractivity contribution in [3.8, 4) is 24.0 Å². The summed E-state index contributed by atoms with van der Waals surface area (Å²) in [7, 11) is -3.66. The third-order valence-corrected chi connectivity index (χ3v) is 4.47. The molecule has 0 radical (unpaired) electrons. The topological polar surface area (TPSA) is 69.7 Å². The van der Waals surface area contributed by atoms with Crippen molar-refractivity contribution in [2.45, 2.75) is 9.79 Å². The Labute approximate surface area is 127 Å². The van der Waals surface area contributed by atoms with Gasteiger partial charge in [0.05, 0.1) is 9.79 Å². The molecule has 0 saturated carbocycles. The smallest absolute Gasteiger partial charge is 0.206 e. The monoisotopic (exact) mass is 314 g/mol. The molecule has 0 fully saturated rings. The molecule has 2 aromatic rings. The first-order valence-corrected chi connectivity index (χ1v) is 7.50. The first kappa shape index (κ1) is 15.4. The van der Waals surface area contributed by atoms with Gasteiger partial charge in [0.2, 0.25) is 9.84 Å². The molecule has 0 heterocycles. The van der Waals surface area contributed by atoms with Gasteiger partial charge in [0.1, 0.15) is 17.6 Å². The molecule has 6 heteroatoms. The Morgan fingerprint density at radius 2 is 1.41 bits per heavy atom. The predicted molar refractivity (Wildman–Crippen MR) is 78.7 cm³/mol. The Bertz CT molecular complexity index is 837. The zero-order valence-corrected chi connectivity index (χ0v) is 12.0. The van der Waals surface area contributed by atoms with Crippen LogP contribution in [0.3, 0.4) is 0 Å². The van der Waals surface area contributed by atoms with Gasteiger partial charge >= 0.3 is 0 Å². The van der Waals surface area contributed by atoms with E-state index in [0.717, 1.165) is 6.26 Å². The second kappa shape index (κ2) is 6.64. The number of benzene rings is 2. The van der Waals surface area contributed by atoms with Gasteiger partial charge in [-0.15, -0.1) is 0 Å². The van der Waals surface area contributed by atoms with Crippen LogP contribution in [0.5, 0.6) is 11.5 Å². The fourth-order valence-corrected chi connectivity index (χ4v) is 2.94. The van der Waals surface area contributed by atoms with E-state index in [-0.39, 0.29) is 9.79 Å². The summed E-state index contributed by atoms with van der Waals surface area (Å²) in [5, 5.41) is 0. The van der Waals surface area contributed by atoms with Crippen molar-refractivity contribution >= 4 is 15.8 Å². The highest BCUT2D eigenvalue weighted by atomic mass is 32.2. The zero-order valence-electron chi connectivity index (χ0n) is 11.2. The lowest BCUT2D eigenvalue weighted by molar-refractivity contribution is 0.476. The number of ether oxygens (including phenoxy) is 2. The van der Waals surface area contributed by atoms with Crippen molar-refractivity contribution < 1.29 is 22.7 Å². The van der Waals surface area contributed by atoms with Crippen LogP contribution in [0, 0.1) is 12.5 Å². The van der Waals surface area contributed by atoms with Crippen LogP contribution in [0.15, 0.2) is 64.6 Å². The van der Waals surface area contributed by atoms with E-state index in [1.165, 1.54) is 54.5 Å². The lowest BCUT2D eigenvalue weighted by Crippen LogP contribution is -2.01. The summed E-state index contributed by atoms with van der Waals surface area (Å²) in [6.45, 7) is 0. The summed E-state index contributed by atoms with van der Waals surface area (Å²) in [5.41, 5.74) is 0. The molecule has 0 aliphatic heterocycles. The van der Waals surface area contributed by atoms with Crippen LogP contribution < -0.4 is 9.47 Å². The maximum absolute atomic E-state index is 12.4. The van der Waals surface area contributed by atoms with Crippen molar-refractivity contribution in [1.82, 2.24) is 0 Å². The van der Waals surface area contributed by atoms with E-state index in [1.54, 1.807) is 0 Å². The lowest BCUT2D eigenvalue weighted by atomic mass is 10.3. The van der Waals surface area contributed by atoms with Crippen LogP contribution in [-0.2, 0) is 14.6 Å². The molecule has 0 aromatic heterocycles. The summed E-state index contributed by atoms with van der Waals surface area (Å²) in [5.74, 6) is 2.17. The molecule has 0 N–H and O–H groups in total. The number of carbonyl (C=O) groups excluding carboxylic acids is 1. The SMILES string of the molecule is C#COc1ccc(S(=O)(=O)c2ccc(OC=C=O)cc2)cc1. The molecule has 110 valence electrons. The number of terminal acetylenes is 1.